The van der Waals surface area contributed by atoms with Gasteiger partial charge in [0, 0.05) is 18.7 Å². The summed E-state index contributed by atoms with van der Waals surface area (Å²) in [5.74, 6) is 0.654. The van der Waals surface area contributed by atoms with Crippen molar-refractivity contribution in [2.75, 3.05) is 12.3 Å². The molecule has 0 atom stereocenters. The Bertz CT molecular complexity index is 408. The first kappa shape index (κ1) is 12.0. The van der Waals surface area contributed by atoms with E-state index in [-0.39, 0.29) is 11.9 Å². The van der Waals surface area contributed by atoms with Crippen molar-refractivity contribution in [2.45, 2.75) is 12.8 Å². The summed E-state index contributed by atoms with van der Waals surface area (Å²) in [6, 6.07) is 9.85. The van der Waals surface area contributed by atoms with E-state index in [2.05, 4.69) is 17.4 Å². The molecule has 0 saturated carbocycles. The van der Waals surface area contributed by atoms with Crippen molar-refractivity contribution < 1.29 is 9.59 Å². The first-order valence-corrected chi connectivity index (χ1v) is 6.48. The van der Waals surface area contributed by atoms with Crippen molar-refractivity contribution in [2.24, 2.45) is 0 Å². The number of nitrogens with zero attached hydrogens (tertiary/aromatic N) is 1. The van der Waals surface area contributed by atoms with Crippen LogP contribution in [0.25, 0.3) is 0 Å². The van der Waals surface area contributed by atoms with E-state index in [0.29, 0.717) is 13.0 Å². The Hall–Kier alpha value is -1.49. The maximum absolute atomic E-state index is 11.4. The van der Waals surface area contributed by atoms with Crippen molar-refractivity contribution in [3.8, 4) is 0 Å². The number of carbonyl (C=O) groups is 2. The van der Waals surface area contributed by atoms with Crippen molar-refractivity contribution in [3.05, 3.63) is 35.9 Å². The standard InChI is InChI=1S/C12H14N2O2S/c15-11-6-8-14(12(16)13-11)17-9-7-10-4-2-1-3-5-10/h1-5H,6-9H2,(H,13,15,16). The molecule has 1 saturated heterocycles. The molecule has 4 nitrogen and oxygen atoms in total. The van der Waals surface area contributed by atoms with E-state index in [0.717, 1.165) is 12.2 Å². The molecule has 1 aliphatic heterocycles. The number of rotatable bonds is 4. The normalized spacial score (nSPS) is 15.9. The van der Waals surface area contributed by atoms with Crippen LogP contribution in [0.4, 0.5) is 4.79 Å². The van der Waals surface area contributed by atoms with Gasteiger partial charge in [-0.15, -0.1) is 0 Å². The van der Waals surface area contributed by atoms with E-state index in [9.17, 15) is 9.59 Å². The molecule has 90 valence electrons. The van der Waals surface area contributed by atoms with Gasteiger partial charge in [-0.2, -0.15) is 0 Å². The number of nitrogens with one attached hydrogen (secondary N) is 1. The molecule has 1 heterocycles. The van der Waals surface area contributed by atoms with E-state index in [4.69, 9.17) is 0 Å². The zero-order chi connectivity index (χ0) is 12.1. The van der Waals surface area contributed by atoms with Crippen LogP contribution in [0.1, 0.15) is 12.0 Å². The molecule has 1 aliphatic rings. The smallest absolute Gasteiger partial charge is 0.277 e. The van der Waals surface area contributed by atoms with E-state index in [1.807, 2.05) is 18.2 Å². The van der Waals surface area contributed by atoms with Gasteiger partial charge in [-0.1, -0.05) is 30.3 Å². The summed E-state index contributed by atoms with van der Waals surface area (Å²) in [5, 5.41) is 2.31. The zero-order valence-electron chi connectivity index (χ0n) is 9.39. The van der Waals surface area contributed by atoms with E-state index >= 15 is 0 Å². The number of hydrogen-bond donors (Lipinski definition) is 1. The monoisotopic (exact) mass is 250 g/mol. The summed E-state index contributed by atoms with van der Waals surface area (Å²) in [4.78, 5) is 22.4. The van der Waals surface area contributed by atoms with Gasteiger partial charge in [-0.05, 0) is 23.9 Å². The van der Waals surface area contributed by atoms with Gasteiger partial charge in [0.15, 0.2) is 0 Å². The van der Waals surface area contributed by atoms with Gasteiger partial charge in [0.2, 0.25) is 5.91 Å². The Kier molecular flexibility index (Phi) is 4.03. The molecule has 0 spiro atoms. The Morgan fingerprint density at radius 1 is 1.24 bits per heavy atom. The molecular formula is C12H14N2O2S. The van der Waals surface area contributed by atoms with Crippen molar-refractivity contribution in [3.63, 3.8) is 0 Å². The van der Waals surface area contributed by atoms with Crippen LogP contribution >= 0.6 is 11.9 Å². The molecule has 1 fully saturated rings. The second-order valence-corrected chi connectivity index (χ2v) is 4.88. The fourth-order valence-corrected chi connectivity index (χ4v) is 2.52. The largest absolute Gasteiger partial charge is 0.334 e. The molecule has 0 aromatic heterocycles. The molecule has 3 amide bonds. The number of hydrogen-bond acceptors (Lipinski definition) is 3. The Balaban J connectivity index is 1.75. The topological polar surface area (TPSA) is 49.4 Å². The number of benzene rings is 1. The summed E-state index contributed by atoms with van der Waals surface area (Å²) in [6.45, 7) is 0.504. The first-order valence-electron chi connectivity index (χ1n) is 5.54. The van der Waals surface area contributed by atoms with Crippen LogP contribution in [0.3, 0.4) is 0 Å². The predicted octanol–water partition coefficient (Wildman–Crippen LogP) is 1.82. The second-order valence-electron chi connectivity index (χ2n) is 3.77. The minimum absolute atomic E-state index is 0.185. The van der Waals surface area contributed by atoms with Crippen molar-refractivity contribution in [1.82, 2.24) is 9.62 Å². The quantitative estimate of drug-likeness (QED) is 0.829. The Labute approximate surface area is 105 Å². The van der Waals surface area contributed by atoms with Crippen LogP contribution in [-0.2, 0) is 11.2 Å². The van der Waals surface area contributed by atoms with Gasteiger partial charge < -0.3 is 0 Å². The average Bonchev–Trinajstić information content (AvgIpc) is 2.33. The number of amides is 3. The van der Waals surface area contributed by atoms with Gasteiger partial charge in [0.25, 0.3) is 0 Å². The van der Waals surface area contributed by atoms with Crippen LogP contribution < -0.4 is 5.32 Å². The van der Waals surface area contributed by atoms with Crippen LogP contribution in [0.15, 0.2) is 30.3 Å². The molecular weight excluding hydrogens is 236 g/mol. The van der Waals surface area contributed by atoms with Crippen LogP contribution in [0.5, 0.6) is 0 Å². The number of urea groups is 1. The summed E-state index contributed by atoms with van der Waals surface area (Å²) >= 11 is 1.47. The lowest BCUT2D eigenvalue weighted by Gasteiger charge is -2.24. The predicted molar refractivity (Wildman–Crippen MR) is 67.5 cm³/mol. The van der Waals surface area contributed by atoms with E-state index in [1.54, 1.807) is 4.31 Å². The number of imide groups is 1. The molecule has 0 aliphatic carbocycles. The highest BCUT2D eigenvalue weighted by atomic mass is 32.2. The molecule has 17 heavy (non-hydrogen) atoms. The Morgan fingerprint density at radius 2 is 2.00 bits per heavy atom. The molecule has 1 N–H and O–H groups in total. The van der Waals surface area contributed by atoms with Crippen LogP contribution in [0.2, 0.25) is 0 Å². The second kappa shape index (κ2) is 5.72. The third-order valence-electron chi connectivity index (χ3n) is 2.50. The first-order chi connectivity index (χ1) is 8.25. The van der Waals surface area contributed by atoms with Crippen molar-refractivity contribution >= 4 is 23.9 Å². The van der Waals surface area contributed by atoms with E-state index in [1.165, 1.54) is 17.5 Å². The van der Waals surface area contributed by atoms with Gasteiger partial charge in [0.05, 0.1) is 0 Å². The third kappa shape index (κ3) is 3.49. The minimum Gasteiger partial charge on any atom is -0.277 e. The summed E-state index contributed by atoms with van der Waals surface area (Å²) < 4.78 is 1.62. The van der Waals surface area contributed by atoms with Gasteiger partial charge >= 0.3 is 6.03 Å². The van der Waals surface area contributed by atoms with E-state index < -0.39 is 0 Å². The minimum atomic E-state index is -0.292. The molecule has 5 heteroatoms. The van der Waals surface area contributed by atoms with Crippen LogP contribution in [0, 0.1) is 0 Å². The van der Waals surface area contributed by atoms with Crippen molar-refractivity contribution in [1.29, 1.82) is 0 Å². The highest BCUT2D eigenvalue weighted by Gasteiger charge is 2.22. The number of aryl methyl sites for hydroxylation is 1. The summed E-state index contributed by atoms with van der Waals surface area (Å²) in [6.07, 6.45) is 1.31. The van der Waals surface area contributed by atoms with Crippen LogP contribution in [-0.4, -0.2) is 28.5 Å². The lowest BCUT2D eigenvalue weighted by atomic mass is 10.2. The fourth-order valence-electron chi connectivity index (χ4n) is 1.59. The lowest BCUT2D eigenvalue weighted by Crippen LogP contribution is -2.46. The maximum Gasteiger partial charge on any atom is 0.334 e. The maximum atomic E-state index is 11.4. The SMILES string of the molecule is O=C1CCN(SCCc2ccccc2)C(=O)N1. The average molecular weight is 250 g/mol. The highest BCUT2D eigenvalue weighted by molar-refractivity contribution is 7.97. The van der Waals surface area contributed by atoms with Gasteiger partial charge in [-0.25, -0.2) is 4.79 Å². The highest BCUT2D eigenvalue weighted by Crippen LogP contribution is 2.15. The molecule has 1 aromatic rings. The summed E-state index contributed by atoms with van der Waals surface area (Å²) in [5.41, 5.74) is 1.26. The fraction of sp³-hybridized carbons (Fsp3) is 0.333. The molecule has 2 rings (SSSR count). The molecule has 0 radical (unpaired) electrons. The molecule has 0 unspecified atom stereocenters. The zero-order valence-corrected chi connectivity index (χ0v) is 10.2. The summed E-state index contributed by atoms with van der Waals surface area (Å²) in [7, 11) is 0. The molecule has 0 bridgehead atoms. The lowest BCUT2D eigenvalue weighted by molar-refractivity contribution is -0.120. The number of carbonyl (C=O) groups excluding carboxylic acids is 2. The third-order valence-corrected chi connectivity index (χ3v) is 3.54. The van der Waals surface area contributed by atoms with Gasteiger partial charge in [-0.3, -0.25) is 14.4 Å². The Morgan fingerprint density at radius 3 is 2.71 bits per heavy atom. The molecule has 1 aromatic carbocycles. The van der Waals surface area contributed by atoms with Gasteiger partial charge in [0.1, 0.15) is 0 Å².